The Kier molecular flexibility index (Phi) is 6.56. The Morgan fingerprint density at radius 1 is 1.00 bits per heavy atom. The first-order chi connectivity index (χ1) is 14.1. The Morgan fingerprint density at radius 3 is 2.55 bits per heavy atom. The number of benzene rings is 2. The number of amidine groups is 1. The van der Waals surface area contributed by atoms with E-state index in [1.807, 2.05) is 42.1 Å². The minimum absolute atomic E-state index is 0.274. The molecular formula is C25H27ClN2S. The van der Waals surface area contributed by atoms with Crippen LogP contribution in [0.4, 0.5) is 0 Å². The van der Waals surface area contributed by atoms with Crippen molar-refractivity contribution in [2.45, 2.75) is 43.4 Å². The minimum atomic E-state index is 0.274. The number of nitrogens with zero attached hydrogens (tertiary/aromatic N) is 2. The number of hydrogen-bond donors (Lipinski definition) is 0. The zero-order valence-corrected chi connectivity index (χ0v) is 18.4. The third-order valence-corrected chi connectivity index (χ3v) is 7.60. The van der Waals surface area contributed by atoms with E-state index < -0.39 is 0 Å². The molecule has 0 N–H and O–H groups in total. The van der Waals surface area contributed by atoms with E-state index in [0.29, 0.717) is 23.5 Å². The zero-order valence-electron chi connectivity index (χ0n) is 16.9. The summed E-state index contributed by atoms with van der Waals surface area (Å²) in [5, 5.41) is 0.274. The third kappa shape index (κ3) is 4.67. The molecule has 1 aliphatic carbocycles. The van der Waals surface area contributed by atoms with Gasteiger partial charge in [0.05, 0.1) is 5.70 Å². The molecule has 0 saturated heterocycles. The highest BCUT2D eigenvalue weighted by molar-refractivity contribution is 7.99. The van der Waals surface area contributed by atoms with Crippen molar-refractivity contribution in [3.8, 4) is 0 Å². The van der Waals surface area contributed by atoms with E-state index in [1.54, 1.807) is 0 Å². The molecule has 1 heterocycles. The summed E-state index contributed by atoms with van der Waals surface area (Å²) < 4.78 is 0. The Balaban J connectivity index is 1.62. The SMILES string of the molecule is C=C(N=C(Cl)N=C(C)C1CCCCC2CSc3ccccc3C21)c1ccccc1. The van der Waals surface area contributed by atoms with Gasteiger partial charge in [-0.05, 0) is 60.4 Å². The van der Waals surface area contributed by atoms with Gasteiger partial charge in [0.15, 0.2) is 0 Å². The Bertz CT molecular complexity index is 935. The van der Waals surface area contributed by atoms with Crippen molar-refractivity contribution in [2.24, 2.45) is 21.8 Å². The molecule has 1 fully saturated rings. The maximum atomic E-state index is 6.45. The van der Waals surface area contributed by atoms with Gasteiger partial charge in [0.25, 0.3) is 0 Å². The normalized spacial score (nSPS) is 25.0. The standard InChI is InChI=1S/C25H27ClN2S/c1-17(19-10-4-3-5-11-19)27-25(26)28-18(2)21-13-7-6-12-20-16-29-23-15-9-8-14-22(23)24(20)21/h3-5,8-11,14-15,20-21,24H,1,6-7,12-13,16H2,2H3. The summed E-state index contributed by atoms with van der Waals surface area (Å²) in [7, 11) is 0. The van der Waals surface area contributed by atoms with Crippen LogP contribution in [0, 0.1) is 11.8 Å². The van der Waals surface area contributed by atoms with E-state index in [-0.39, 0.29) is 5.29 Å². The molecule has 150 valence electrons. The van der Waals surface area contributed by atoms with E-state index in [4.69, 9.17) is 16.6 Å². The monoisotopic (exact) mass is 422 g/mol. The van der Waals surface area contributed by atoms with Crippen LogP contribution in [0.1, 0.15) is 49.7 Å². The maximum Gasteiger partial charge on any atom is 0.222 e. The van der Waals surface area contributed by atoms with E-state index in [2.05, 4.69) is 42.8 Å². The lowest BCUT2D eigenvalue weighted by Crippen LogP contribution is -2.29. The van der Waals surface area contributed by atoms with Crippen LogP contribution in [-0.2, 0) is 0 Å². The molecule has 3 atom stereocenters. The number of aliphatic imine (C=N–C) groups is 2. The number of fused-ring (bicyclic) bond motifs is 3. The summed E-state index contributed by atoms with van der Waals surface area (Å²) in [6.07, 6.45) is 5.03. The highest BCUT2D eigenvalue weighted by Crippen LogP contribution is 2.49. The fraction of sp³-hybridized carbons (Fsp3) is 0.360. The zero-order chi connectivity index (χ0) is 20.2. The first-order valence-electron chi connectivity index (χ1n) is 10.4. The van der Waals surface area contributed by atoms with Gasteiger partial charge in [-0.1, -0.05) is 68.0 Å². The predicted molar refractivity (Wildman–Crippen MR) is 127 cm³/mol. The third-order valence-electron chi connectivity index (χ3n) is 6.15. The van der Waals surface area contributed by atoms with Gasteiger partial charge < -0.3 is 0 Å². The van der Waals surface area contributed by atoms with Crippen LogP contribution < -0.4 is 0 Å². The lowest BCUT2D eigenvalue weighted by molar-refractivity contribution is 0.387. The fourth-order valence-electron chi connectivity index (χ4n) is 4.73. The van der Waals surface area contributed by atoms with Gasteiger partial charge in [-0.2, -0.15) is 0 Å². The largest absolute Gasteiger partial charge is 0.228 e. The van der Waals surface area contributed by atoms with Crippen LogP contribution in [0.25, 0.3) is 5.70 Å². The van der Waals surface area contributed by atoms with Crippen molar-refractivity contribution in [1.82, 2.24) is 0 Å². The molecule has 29 heavy (non-hydrogen) atoms. The van der Waals surface area contributed by atoms with Crippen molar-refractivity contribution in [3.05, 3.63) is 72.3 Å². The summed E-state index contributed by atoms with van der Waals surface area (Å²) >= 11 is 8.47. The molecule has 1 saturated carbocycles. The lowest BCUT2D eigenvalue weighted by Gasteiger charge is -2.37. The number of halogens is 1. The van der Waals surface area contributed by atoms with E-state index in [9.17, 15) is 0 Å². The fourth-order valence-corrected chi connectivity index (χ4v) is 6.28. The van der Waals surface area contributed by atoms with Gasteiger partial charge in [-0.25, -0.2) is 9.98 Å². The second-order valence-electron chi connectivity index (χ2n) is 7.97. The smallest absolute Gasteiger partial charge is 0.222 e. The highest BCUT2D eigenvalue weighted by Gasteiger charge is 2.38. The Morgan fingerprint density at radius 2 is 1.72 bits per heavy atom. The summed E-state index contributed by atoms with van der Waals surface area (Å²) in [6.45, 7) is 6.18. The molecule has 1 aliphatic heterocycles. The van der Waals surface area contributed by atoms with Crippen molar-refractivity contribution in [2.75, 3.05) is 5.75 Å². The first-order valence-corrected chi connectivity index (χ1v) is 11.8. The van der Waals surface area contributed by atoms with Crippen LogP contribution in [0.3, 0.4) is 0 Å². The predicted octanol–water partition coefficient (Wildman–Crippen LogP) is 7.41. The molecule has 0 bridgehead atoms. The van der Waals surface area contributed by atoms with Gasteiger partial charge >= 0.3 is 0 Å². The van der Waals surface area contributed by atoms with Crippen molar-refractivity contribution < 1.29 is 0 Å². The molecule has 2 aromatic rings. The molecular weight excluding hydrogens is 396 g/mol. The molecule has 0 aromatic heterocycles. The van der Waals surface area contributed by atoms with Gasteiger partial charge in [0, 0.05) is 22.3 Å². The van der Waals surface area contributed by atoms with Crippen molar-refractivity contribution >= 4 is 40.1 Å². The Hall–Kier alpha value is -1.84. The van der Waals surface area contributed by atoms with Gasteiger partial charge in [-0.3, -0.25) is 0 Å². The molecule has 4 heteroatoms. The molecule has 3 unspecified atom stereocenters. The van der Waals surface area contributed by atoms with Crippen LogP contribution >= 0.6 is 23.4 Å². The molecule has 0 radical (unpaired) electrons. The van der Waals surface area contributed by atoms with Crippen molar-refractivity contribution in [3.63, 3.8) is 0 Å². The number of rotatable bonds is 3. The van der Waals surface area contributed by atoms with Crippen LogP contribution in [0.2, 0.25) is 0 Å². The number of thioether (sulfide) groups is 1. The van der Waals surface area contributed by atoms with E-state index >= 15 is 0 Å². The molecule has 4 rings (SSSR count). The van der Waals surface area contributed by atoms with Crippen LogP contribution in [0.5, 0.6) is 0 Å². The molecule has 2 nitrogen and oxygen atoms in total. The molecule has 0 amide bonds. The van der Waals surface area contributed by atoms with Gasteiger partial charge in [0.1, 0.15) is 0 Å². The lowest BCUT2D eigenvalue weighted by atomic mass is 9.74. The van der Waals surface area contributed by atoms with Crippen LogP contribution in [0.15, 0.2) is 76.1 Å². The second kappa shape index (κ2) is 9.32. The topological polar surface area (TPSA) is 24.7 Å². The average Bonchev–Trinajstić information content (AvgIpc) is 2.97. The average molecular weight is 423 g/mol. The number of hydrogen-bond acceptors (Lipinski definition) is 2. The molecule has 2 aromatic carbocycles. The summed E-state index contributed by atoms with van der Waals surface area (Å²) in [5.74, 6) is 2.86. The molecule has 2 aliphatic rings. The van der Waals surface area contributed by atoms with Gasteiger partial charge in [0.2, 0.25) is 5.29 Å². The minimum Gasteiger partial charge on any atom is -0.228 e. The van der Waals surface area contributed by atoms with E-state index in [1.165, 1.54) is 41.9 Å². The summed E-state index contributed by atoms with van der Waals surface area (Å²) in [4.78, 5) is 10.6. The first kappa shape index (κ1) is 20.4. The second-order valence-corrected chi connectivity index (χ2v) is 9.37. The highest BCUT2D eigenvalue weighted by atomic mass is 35.5. The quantitative estimate of drug-likeness (QED) is 0.287. The van der Waals surface area contributed by atoms with Gasteiger partial charge in [-0.15, -0.1) is 11.8 Å². The van der Waals surface area contributed by atoms with E-state index in [0.717, 1.165) is 11.3 Å². The Labute approximate surface area is 183 Å². The summed E-state index contributed by atoms with van der Waals surface area (Å²) in [6, 6.07) is 18.8. The maximum absolute atomic E-state index is 6.45. The summed E-state index contributed by atoms with van der Waals surface area (Å²) in [5.41, 5.74) is 4.20. The van der Waals surface area contributed by atoms with Crippen molar-refractivity contribution in [1.29, 1.82) is 0 Å². The molecule has 0 spiro atoms. The van der Waals surface area contributed by atoms with Crippen LogP contribution in [-0.4, -0.2) is 16.8 Å².